The van der Waals surface area contributed by atoms with E-state index in [0.29, 0.717) is 5.92 Å². The third kappa shape index (κ3) is 4.29. The number of carbonyl (C=O) groups is 1. The summed E-state index contributed by atoms with van der Waals surface area (Å²) in [5.74, 6) is -0.521. The van der Waals surface area contributed by atoms with Crippen LogP contribution < -0.4 is 0 Å². The molecule has 0 saturated carbocycles. The predicted molar refractivity (Wildman–Crippen MR) is 34.3 cm³/mol. The quantitative estimate of drug-likeness (QED) is 0.485. The first kappa shape index (κ1) is 9.39. The molecule has 0 saturated heterocycles. The summed E-state index contributed by atoms with van der Waals surface area (Å²) >= 11 is 0. The van der Waals surface area contributed by atoms with E-state index < -0.39 is 5.97 Å². The SMILES string of the molecule is O=C(O)C[C](CO)CCO. The molecule has 0 aromatic heterocycles. The summed E-state index contributed by atoms with van der Waals surface area (Å²) in [5, 5.41) is 25.1. The van der Waals surface area contributed by atoms with E-state index in [1.807, 2.05) is 0 Å². The van der Waals surface area contributed by atoms with Gasteiger partial charge in [-0.1, -0.05) is 0 Å². The average Bonchev–Trinajstić information content (AvgIpc) is 1.86. The van der Waals surface area contributed by atoms with Crippen molar-refractivity contribution in [3.05, 3.63) is 5.92 Å². The van der Waals surface area contributed by atoms with Gasteiger partial charge in [-0.15, -0.1) is 0 Å². The topological polar surface area (TPSA) is 77.8 Å². The van der Waals surface area contributed by atoms with Crippen molar-refractivity contribution in [2.45, 2.75) is 12.8 Å². The molecule has 4 heteroatoms. The van der Waals surface area contributed by atoms with E-state index in [-0.39, 0.29) is 26.1 Å². The molecule has 0 spiro atoms. The Morgan fingerprint density at radius 1 is 1.30 bits per heavy atom. The summed E-state index contributed by atoms with van der Waals surface area (Å²) in [6, 6.07) is 0. The lowest BCUT2D eigenvalue weighted by Gasteiger charge is -2.06. The molecule has 0 atom stereocenters. The molecule has 10 heavy (non-hydrogen) atoms. The Hall–Kier alpha value is -0.610. The van der Waals surface area contributed by atoms with Crippen molar-refractivity contribution < 1.29 is 20.1 Å². The third-order valence-electron chi connectivity index (χ3n) is 1.09. The maximum atomic E-state index is 10.0. The van der Waals surface area contributed by atoms with Crippen molar-refractivity contribution in [3.63, 3.8) is 0 Å². The number of hydrogen-bond donors (Lipinski definition) is 3. The van der Waals surface area contributed by atoms with Gasteiger partial charge in [0.25, 0.3) is 0 Å². The number of carboxylic acid groups (broad SMARTS) is 1. The molecule has 4 nitrogen and oxygen atoms in total. The minimum Gasteiger partial charge on any atom is -0.481 e. The van der Waals surface area contributed by atoms with E-state index in [9.17, 15) is 4.79 Å². The van der Waals surface area contributed by atoms with E-state index >= 15 is 0 Å². The molecule has 0 aliphatic heterocycles. The van der Waals surface area contributed by atoms with Gasteiger partial charge in [0.2, 0.25) is 0 Å². The van der Waals surface area contributed by atoms with Crippen LogP contribution in [0, 0.1) is 5.92 Å². The molecule has 0 aliphatic rings. The van der Waals surface area contributed by atoms with Crippen molar-refractivity contribution >= 4 is 5.97 Å². The first-order valence-electron chi connectivity index (χ1n) is 2.97. The van der Waals surface area contributed by atoms with Crippen LogP contribution in [0.2, 0.25) is 0 Å². The minimum absolute atomic E-state index is 0.108. The van der Waals surface area contributed by atoms with Gasteiger partial charge < -0.3 is 15.3 Å². The Morgan fingerprint density at radius 2 is 1.90 bits per heavy atom. The Bertz CT molecular complexity index is 102. The van der Waals surface area contributed by atoms with Crippen molar-refractivity contribution in [1.29, 1.82) is 0 Å². The van der Waals surface area contributed by atoms with E-state index in [1.165, 1.54) is 0 Å². The highest BCUT2D eigenvalue weighted by Crippen LogP contribution is 2.08. The lowest BCUT2D eigenvalue weighted by Crippen LogP contribution is -2.11. The molecule has 0 aromatic rings. The molecule has 0 unspecified atom stereocenters. The standard InChI is InChI=1S/C6H11O4/c7-2-1-5(4-8)3-6(9)10/h7-8H,1-4H2,(H,9,10). The number of aliphatic carboxylic acids is 1. The molecule has 59 valence electrons. The highest BCUT2D eigenvalue weighted by molar-refractivity contribution is 5.69. The highest BCUT2D eigenvalue weighted by atomic mass is 16.4. The molecule has 0 aliphatic carbocycles. The van der Waals surface area contributed by atoms with Crippen molar-refractivity contribution in [1.82, 2.24) is 0 Å². The fraction of sp³-hybridized carbons (Fsp3) is 0.667. The molecular weight excluding hydrogens is 136 g/mol. The van der Waals surface area contributed by atoms with Crippen LogP contribution in [0.15, 0.2) is 0 Å². The minimum atomic E-state index is -0.975. The number of carboxylic acids is 1. The van der Waals surface area contributed by atoms with Gasteiger partial charge in [-0.3, -0.25) is 4.79 Å². The van der Waals surface area contributed by atoms with Crippen LogP contribution in [-0.4, -0.2) is 34.5 Å². The van der Waals surface area contributed by atoms with Crippen LogP contribution in [0.25, 0.3) is 0 Å². The number of hydrogen-bond acceptors (Lipinski definition) is 3. The number of aliphatic hydroxyl groups is 2. The Labute approximate surface area is 59.1 Å². The van der Waals surface area contributed by atoms with Gasteiger partial charge in [-0.05, 0) is 6.42 Å². The zero-order valence-corrected chi connectivity index (χ0v) is 5.58. The molecule has 0 bridgehead atoms. The summed E-state index contributed by atoms with van der Waals surface area (Å²) in [6.07, 6.45) is 0.111. The normalized spacial score (nSPS) is 10.3. The Morgan fingerprint density at radius 3 is 2.20 bits per heavy atom. The van der Waals surface area contributed by atoms with Crippen molar-refractivity contribution in [2.75, 3.05) is 13.2 Å². The maximum absolute atomic E-state index is 10.0. The van der Waals surface area contributed by atoms with Crippen molar-refractivity contribution in [2.24, 2.45) is 0 Å². The average molecular weight is 147 g/mol. The first-order chi connectivity index (χ1) is 4.70. The second-order valence-corrected chi connectivity index (χ2v) is 1.95. The molecule has 0 amide bonds. The van der Waals surface area contributed by atoms with Gasteiger partial charge >= 0.3 is 5.97 Å². The third-order valence-corrected chi connectivity index (χ3v) is 1.09. The van der Waals surface area contributed by atoms with Crippen LogP contribution in [-0.2, 0) is 4.79 Å². The van der Waals surface area contributed by atoms with Crippen LogP contribution in [0.5, 0.6) is 0 Å². The fourth-order valence-electron chi connectivity index (χ4n) is 0.595. The van der Waals surface area contributed by atoms with Gasteiger partial charge in [0.05, 0.1) is 6.42 Å². The summed E-state index contributed by atoms with van der Waals surface area (Å²) in [4.78, 5) is 10.0. The van der Waals surface area contributed by atoms with Gasteiger partial charge in [0.15, 0.2) is 0 Å². The summed E-state index contributed by atoms with van der Waals surface area (Å²) in [5.41, 5.74) is 0. The van der Waals surface area contributed by atoms with E-state index in [4.69, 9.17) is 15.3 Å². The van der Waals surface area contributed by atoms with Crippen molar-refractivity contribution in [3.8, 4) is 0 Å². The molecule has 0 rings (SSSR count). The van der Waals surface area contributed by atoms with Gasteiger partial charge in [0.1, 0.15) is 0 Å². The lowest BCUT2D eigenvalue weighted by molar-refractivity contribution is -0.136. The number of aliphatic hydroxyl groups excluding tert-OH is 2. The second-order valence-electron chi connectivity index (χ2n) is 1.95. The summed E-state index contributed by atoms with van der Waals surface area (Å²) < 4.78 is 0. The van der Waals surface area contributed by atoms with Crippen LogP contribution >= 0.6 is 0 Å². The predicted octanol–water partition coefficient (Wildman–Crippen LogP) is -0.590. The molecule has 0 fully saturated rings. The number of rotatable bonds is 5. The maximum Gasteiger partial charge on any atom is 0.304 e. The van der Waals surface area contributed by atoms with Gasteiger partial charge in [-0.25, -0.2) is 0 Å². The molecule has 1 radical (unpaired) electrons. The van der Waals surface area contributed by atoms with Crippen LogP contribution in [0.1, 0.15) is 12.8 Å². The van der Waals surface area contributed by atoms with Crippen LogP contribution in [0.4, 0.5) is 0 Å². The van der Waals surface area contributed by atoms with E-state index in [0.717, 1.165) is 0 Å². The molecule has 0 heterocycles. The smallest absolute Gasteiger partial charge is 0.304 e. The molecule has 3 N–H and O–H groups in total. The zero-order chi connectivity index (χ0) is 7.98. The zero-order valence-electron chi connectivity index (χ0n) is 5.58. The lowest BCUT2D eigenvalue weighted by atomic mass is 10.0. The largest absolute Gasteiger partial charge is 0.481 e. The molecular formula is C6H11O4. The second kappa shape index (κ2) is 5.20. The van der Waals surface area contributed by atoms with Gasteiger partial charge in [-0.2, -0.15) is 0 Å². The first-order valence-corrected chi connectivity index (χ1v) is 2.97. The van der Waals surface area contributed by atoms with Crippen LogP contribution in [0.3, 0.4) is 0 Å². The Kier molecular flexibility index (Phi) is 4.88. The molecule has 0 aromatic carbocycles. The fourth-order valence-corrected chi connectivity index (χ4v) is 0.595. The monoisotopic (exact) mass is 147 g/mol. The van der Waals surface area contributed by atoms with E-state index in [2.05, 4.69) is 0 Å². The van der Waals surface area contributed by atoms with E-state index in [1.54, 1.807) is 0 Å². The summed E-state index contributed by atoms with van der Waals surface area (Å²) in [6.45, 7) is -0.365. The van der Waals surface area contributed by atoms with Gasteiger partial charge in [0, 0.05) is 19.1 Å². The Balaban J connectivity index is 3.49. The summed E-state index contributed by atoms with van der Waals surface area (Å²) in [7, 11) is 0. The highest BCUT2D eigenvalue weighted by Gasteiger charge is 2.11.